The molecule has 0 unspecified atom stereocenters. The number of amides is 2. The molecule has 0 radical (unpaired) electrons. The van der Waals surface area contributed by atoms with E-state index >= 15 is 0 Å². The van der Waals surface area contributed by atoms with Gasteiger partial charge < -0.3 is 14.5 Å². The standard InChI is InChI=1S/C21H29N3O5/c1-29-19-9-8-17(15-18(19)24(27)28)21(26)23-13-11-22(12-14-23)20(25)10-7-16-5-3-2-4-6-16/h8-9,15-16H,2-7,10-14H2,1H3. The predicted molar refractivity (Wildman–Crippen MR) is 108 cm³/mol. The molecule has 1 heterocycles. The third-order valence-electron chi connectivity index (χ3n) is 6.03. The first-order valence-electron chi connectivity index (χ1n) is 10.4. The molecule has 8 nitrogen and oxygen atoms in total. The number of ether oxygens (including phenoxy) is 1. The van der Waals surface area contributed by atoms with E-state index in [4.69, 9.17) is 4.74 Å². The van der Waals surface area contributed by atoms with Gasteiger partial charge in [-0.2, -0.15) is 0 Å². The molecule has 3 rings (SSSR count). The second-order valence-corrected chi connectivity index (χ2v) is 7.86. The Hall–Kier alpha value is -2.64. The number of rotatable bonds is 6. The summed E-state index contributed by atoms with van der Waals surface area (Å²) in [6, 6.07) is 4.23. The topological polar surface area (TPSA) is 93.0 Å². The van der Waals surface area contributed by atoms with Gasteiger partial charge in [0.1, 0.15) is 0 Å². The second kappa shape index (κ2) is 9.71. The Labute approximate surface area is 171 Å². The summed E-state index contributed by atoms with van der Waals surface area (Å²) in [5.41, 5.74) is 0.0319. The monoisotopic (exact) mass is 403 g/mol. The summed E-state index contributed by atoms with van der Waals surface area (Å²) in [5, 5.41) is 11.2. The molecule has 8 heteroatoms. The highest BCUT2D eigenvalue weighted by atomic mass is 16.6. The van der Waals surface area contributed by atoms with Crippen molar-refractivity contribution in [2.45, 2.75) is 44.9 Å². The Morgan fingerprint density at radius 2 is 1.76 bits per heavy atom. The molecule has 2 aliphatic rings. The number of methoxy groups -OCH3 is 1. The minimum absolute atomic E-state index is 0.125. The molecule has 1 aromatic rings. The smallest absolute Gasteiger partial charge is 0.311 e. The van der Waals surface area contributed by atoms with Gasteiger partial charge in [0.15, 0.2) is 5.75 Å². The van der Waals surface area contributed by atoms with Crippen LogP contribution >= 0.6 is 0 Å². The first-order chi connectivity index (χ1) is 14.0. The van der Waals surface area contributed by atoms with Crippen LogP contribution in [0.1, 0.15) is 55.3 Å². The fourth-order valence-electron chi connectivity index (χ4n) is 4.27. The van der Waals surface area contributed by atoms with Gasteiger partial charge in [-0.15, -0.1) is 0 Å². The highest BCUT2D eigenvalue weighted by Gasteiger charge is 2.27. The normalized spacial score (nSPS) is 17.8. The van der Waals surface area contributed by atoms with Gasteiger partial charge in [-0.3, -0.25) is 19.7 Å². The Morgan fingerprint density at radius 3 is 2.38 bits per heavy atom. The zero-order valence-corrected chi connectivity index (χ0v) is 17.0. The Balaban J connectivity index is 1.52. The predicted octanol–water partition coefficient (Wildman–Crippen LogP) is 3.25. The zero-order chi connectivity index (χ0) is 20.8. The maximum Gasteiger partial charge on any atom is 0.311 e. The molecule has 1 saturated heterocycles. The minimum Gasteiger partial charge on any atom is -0.490 e. The first-order valence-corrected chi connectivity index (χ1v) is 10.4. The molecule has 0 atom stereocenters. The highest BCUT2D eigenvalue weighted by molar-refractivity contribution is 5.95. The number of carbonyl (C=O) groups excluding carboxylic acids is 2. The molecule has 0 aromatic heterocycles. The Morgan fingerprint density at radius 1 is 1.10 bits per heavy atom. The molecule has 0 bridgehead atoms. The van der Waals surface area contributed by atoms with E-state index in [-0.39, 0.29) is 28.8 Å². The van der Waals surface area contributed by atoms with E-state index in [1.807, 2.05) is 4.90 Å². The van der Waals surface area contributed by atoms with Gasteiger partial charge >= 0.3 is 5.69 Å². The van der Waals surface area contributed by atoms with Crippen LogP contribution < -0.4 is 4.74 Å². The largest absolute Gasteiger partial charge is 0.490 e. The van der Waals surface area contributed by atoms with Crippen LogP contribution in [0.2, 0.25) is 0 Å². The summed E-state index contributed by atoms with van der Waals surface area (Å²) in [4.78, 5) is 39.4. The van der Waals surface area contributed by atoms with Gasteiger partial charge in [-0.1, -0.05) is 32.1 Å². The lowest BCUT2D eigenvalue weighted by Gasteiger charge is -2.35. The van der Waals surface area contributed by atoms with Crippen LogP contribution in [0.15, 0.2) is 18.2 Å². The van der Waals surface area contributed by atoms with Crippen LogP contribution in [0.3, 0.4) is 0 Å². The Bertz CT molecular complexity index is 753. The number of piperazine rings is 1. The summed E-state index contributed by atoms with van der Waals surface area (Å²) < 4.78 is 4.98. The zero-order valence-electron chi connectivity index (χ0n) is 17.0. The number of nitro benzene ring substituents is 1. The van der Waals surface area contributed by atoms with Crippen LogP contribution in [0.4, 0.5) is 5.69 Å². The van der Waals surface area contributed by atoms with E-state index in [1.165, 1.54) is 57.4 Å². The van der Waals surface area contributed by atoms with Crippen LogP contribution in [0.5, 0.6) is 5.75 Å². The lowest BCUT2D eigenvalue weighted by Crippen LogP contribution is -2.50. The average molecular weight is 403 g/mol. The summed E-state index contributed by atoms with van der Waals surface area (Å²) in [6.07, 6.45) is 7.91. The maximum atomic E-state index is 12.7. The highest BCUT2D eigenvalue weighted by Crippen LogP contribution is 2.29. The summed E-state index contributed by atoms with van der Waals surface area (Å²) in [5.74, 6) is 0.717. The number of hydrogen-bond acceptors (Lipinski definition) is 5. The minimum atomic E-state index is -0.557. The third-order valence-corrected chi connectivity index (χ3v) is 6.03. The Kier molecular flexibility index (Phi) is 7.06. The molecule has 2 amide bonds. The van der Waals surface area contributed by atoms with Crippen LogP contribution in [0.25, 0.3) is 0 Å². The lowest BCUT2D eigenvalue weighted by atomic mass is 9.86. The molecular weight excluding hydrogens is 374 g/mol. The van der Waals surface area contributed by atoms with Gasteiger partial charge in [-0.05, 0) is 24.5 Å². The van der Waals surface area contributed by atoms with E-state index < -0.39 is 4.92 Å². The molecule has 1 saturated carbocycles. The van der Waals surface area contributed by atoms with Crippen molar-refractivity contribution in [2.75, 3.05) is 33.3 Å². The fourth-order valence-corrected chi connectivity index (χ4v) is 4.27. The van der Waals surface area contributed by atoms with E-state index in [9.17, 15) is 19.7 Å². The molecule has 29 heavy (non-hydrogen) atoms. The quantitative estimate of drug-likeness (QED) is 0.537. The lowest BCUT2D eigenvalue weighted by molar-refractivity contribution is -0.385. The van der Waals surface area contributed by atoms with Gasteiger partial charge in [0.05, 0.1) is 12.0 Å². The van der Waals surface area contributed by atoms with E-state index in [2.05, 4.69) is 0 Å². The first kappa shape index (κ1) is 21.1. The van der Waals surface area contributed by atoms with Crippen molar-refractivity contribution >= 4 is 17.5 Å². The number of benzene rings is 1. The molecule has 1 aliphatic heterocycles. The van der Waals surface area contributed by atoms with E-state index in [0.29, 0.717) is 38.5 Å². The van der Waals surface area contributed by atoms with Gasteiger partial charge in [0, 0.05) is 44.2 Å². The number of hydrogen-bond donors (Lipinski definition) is 0. The molecular formula is C21H29N3O5. The maximum absolute atomic E-state index is 12.7. The van der Waals surface area contributed by atoms with Gasteiger partial charge in [0.25, 0.3) is 5.91 Å². The van der Waals surface area contributed by atoms with Crippen LogP contribution in [0, 0.1) is 16.0 Å². The van der Waals surface area contributed by atoms with Crippen LogP contribution in [-0.4, -0.2) is 59.8 Å². The number of nitro groups is 1. The van der Waals surface area contributed by atoms with Crippen molar-refractivity contribution in [1.82, 2.24) is 9.80 Å². The van der Waals surface area contributed by atoms with Crippen molar-refractivity contribution in [1.29, 1.82) is 0 Å². The third kappa shape index (κ3) is 5.25. The molecule has 2 fully saturated rings. The van der Waals surface area contributed by atoms with E-state index in [0.717, 1.165) is 6.42 Å². The van der Waals surface area contributed by atoms with Gasteiger partial charge in [0.2, 0.25) is 5.91 Å². The average Bonchev–Trinajstić information content (AvgIpc) is 2.77. The van der Waals surface area contributed by atoms with Crippen molar-refractivity contribution in [3.8, 4) is 5.75 Å². The molecule has 1 aliphatic carbocycles. The van der Waals surface area contributed by atoms with Crippen molar-refractivity contribution < 1.29 is 19.2 Å². The summed E-state index contributed by atoms with van der Waals surface area (Å²) in [7, 11) is 1.36. The molecule has 0 N–H and O–H groups in total. The number of carbonyl (C=O) groups is 2. The SMILES string of the molecule is COc1ccc(C(=O)N2CCN(C(=O)CCC3CCCCC3)CC2)cc1[N+](=O)[O-]. The van der Waals surface area contributed by atoms with Crippen molar-refractivity contribution in [3.63, 3.8) is 0 Å². The van der Waals surface area contributed by atoms with Crippen molar-refractivity contribution in [2.24, 2.45) is 5.92 Å². The van der Waals surface area contributed by atoms with Crippen LogP contribution in [-0.2, 0) is 4.79 Å². The molecule has 158 valence electrons. The second-order valence-electron chi connectivity index (χ2n) is 7.86. The van der Waals surface area contributed by atoms with E-state index in [1.54, 1.807) is 4.90 Å². The molecule has 1 aromatic carbocycles. The van der Waals surface area contributed by atoms with Gasteiger partial charge in [-0.25, -0.2) is 0 Å². The number of nitrogens with zero attached hydrogens (tertiary/aromatic N) is 3. The molecule has 0 spiro atoms. The fraction of sp³-hybridized carbons (Fsp3) is 0.619. The summed E-state index contributed by atoms with van der Waals surface area (Å²) in [6.45, 7) is 1.89. The summed E-state index contributed by atoms with van der Waals surface area (Å²) >= 11 is 0. The van der Waals surface area contributed by atoms with Crippen molar-refractivity contribution in [3.05, 3.63) is 33.9 Å².